The molecule has 9 heteroatoms. The third kappa shape index (κ3) is 8.18. The minimum atomic E-state index is 0. The molecule has 2 aliphatic heterocycles. The third-order valence-corrected chi connectivity index (χ3v) is 6.27. The molecular weight excluding hydrogens is 509 g/mol. The summed E-state index contributed by atoms with van der Waals surface area (Å²) in [5, 5.41) is 3.62. The normalized spacial score (nSPS) is 20.8. The molecule has 1 atom stereocenters. The van der Waals surface area contributed by atoms with Crippen LogP contribution in [0.2, 0.25) is 0 Å². The zero-order chi connectivity index (χ0) is 21.3. The van der Waals surface area contributed by atoms with Gasteiger partial charge in [-0.2, -0.15) is 0 Å². The number of hydrogen-bond donors (Lipinski definition) is 1. The summed E-state index contributed by atoms with van der Waals surface area (Å²) >= 11 is 0. The number of aromatic nitrogens is 1. The van der Waals surface area contributed by atoms with Gasteiger partial charge >= 0.3 is 0 Å². The first kappa shape index (κ1) is 26.3. The van der Waals surface area contributed by atoms with E-state index in [2.05, 4.69) is 25.1 Å². The van der Waals surface area contributed by atoms with E-state index in [1.54, 1.807) is 7.11 Å². The van der Waals surface area contributed by atoms with Crippen LogP contribution in [0.4, 0.5) is 0 Å². The second kappa shape index (κ2) is 13.6. The maximum absolute atomic E-state index is 5.74. The number of halogens is 1. The zero-order valence-corrected chi connectivity index (χ0v) is 21.9. The van der Waals surface area contributed by atoms with E-state index in [0.29, 0.717) is 25.0 Å². The number of guanidine groups is 1. The molecule has 0 bridgehead atoms. The van der Waals surface area contributed by atoms with Crippen molar-refractivity contribution >= 4 is 29.9 Å². The lowest BCUT2D eigenvalue weighted by Gasteiger charge is -2.32. The molecular formula is C22H40IN5O3. The Morgan fingerprint density at radius 3 is 2.55 bits per heavy atom. The van der Waals surface area contributed by atoms with Crippen LogP contribution < -0.4 is 5.32 Å². The summed E-state index contributed by atoms with van der Waals surface area (Å²) in [7, 11) is 3.59. The number of aryl methyl sites for hydroxylation is 2. The predicted molar refractivity (Wildman–Crippen MR) is 133 cm³/mol. The maximum Gasteiger partial charge on any atom is 0.208 e. The number of nitrogens with one attached hydrogen (secondary N) is 1. The van der Waals surface area contributed by atoms with Crippen LogP contribution in [-0.4, -0.2) is 87.4 Å². The lowest BCUT2D eigenvalue weighted by molar-refractivity contribution is 0.0536. The molecule has 0 spiro atoms. The van der Waals surface area contributed by atoms with Crippen molar-refractivity contribution in [3.8, 4) is 0 Å². The standard InChI is InChI=1S/C22H39N5O3.HI/c1-17-18(2)30-21(25-17)15-26-8-5-19(6-9-26)13-24-22(23-3)27-10-7-20(14-27)16-29-12-11-28-4;/h19-20H,5-16H2,1-4H3,(H,23,24);1H. The Balaban J connectivity index is 0.00000341. The van der Waals surface area contributed by atoms with Gasteiger partial charge in [-0.1, -0.05) is 0 Å². The Morgan fingerprint density at radius 2 is 1.90 bits per heavy atom. The van der Waals surface area contributed by atoms with Crippen molar-refractivity contribution in [1.29, 1.82) is 0 Å². The summed E-state index contributed by atoms with van der Waals surface area (Å²) in [4.78, 5) is 13.9. The Labute approximate surface area is 204 Å². The molecule has 1 aromatic rings. The van der Waals surface area contributed by atoms with Crippen molar-refractivity contribution in [3.63, 3.8) is 0 Å². The molecule has 3 rings (SSSR count). The van der Waals surface area contributed by atoms with E-state index in [9.17, 15) is 0 Å². The number of oxazole rings is 1. The second-order valence-corrected chi connectivity index (χ2v) is 8.57. The van der Waals surface area contributed by atoms with E-state index in [1.165, 1.54) is 12.8 Å². The topological polar surface area (TPSA) is 75.4 Å². The van der Waals surface area contributed by atoms with Gasteiger partial charge in [0.2, 0.25) is 5.89 Å². The Morgan fingerprint density at radius 1 is 1.16 bits per heavy atom. The van der Waals surface area contributed by atoms with Crippen LogP contribution in [0.1, 0.15) is 36.6 Å². The minimum absolute atomic E-state index is 0. The molecule has 8 nitrogen and oxygen atoms in total. The van der Waals surface area contributed by atoms with Gasteiger partial charge < -0.3 is 24.1 Å². The van der Waals surface area contributed by atoms with E-state index in [-0.39, 0.29) is 24.0 Å². The summed E-state index contributed by atoms with van der Waals surface area (Å²) in [6.45, 7) is 12.2. The number of ether oxygens (including phenoxy) is 2. The number of hydrogen-bond acceptors (Lipinski definition) is 6. The molecule has 0 saturated carbocycles. The van der Waals surface area contributed by atoms with E-state index in [4.69, 9.17) is 13.9 Å². The predicted octanol–water partition coefficient (Wildman–Crippen LogP) is 2.68. The van der Waals surface area contributed by atoms with Crippen molar-refractivity contribution in [3.05, 3.63) is 17.3 Å². The molecule has 0 aliphatic carbocycles. The maximum atomic E-state index is 5.74. The molecule has 1 unspecified atom stereocenters. The van der Waals surface area contributed by atoms with E-state index >= 15 is 0 Å². The van der Waals surface area contributed by atoms with Crippen molar-refractivity contribution in [1.82, 2.24) is 20.1 Å². The van der Waals surface area contributed by atoms with Gasteiger partial charge in [-0.25, -0.2) is 4.98 Å². The molecule has 1 N–H and O–H groups in total. The van der Waals surface area contributed by atoms with E-state index in [0.717, 1.165) is 75.6 Å². The highest BCUT2D eigenvalue weighted by molar-refractivity contribution is 14.0. The number of aliphatic imine (C=N–C) groups is 1. The highest BCUT2D eigenvalue weighted by Gasteiger charge is 2.26. The number of likely N-dealkylation sites (tertiary alicyclic amines) is 2. The fourth-order valence-corrected chi connectivity index (χ4v) is 4.27. The molecule has 1 aromatic heterocycles. The number of rotatable bonds is 9. The van der Waals surface area contributed by atoms with Crippen molar-refractivity contribution < 1.29 is 13.9 Å². The minimum Gasteiger partial charge on any atom is -0.444 e. The Hall–Kier alpha value is -0.910. The molecule has 31 heavy (non-hydrogen) atoms. The first-order valence-corrected chi connectivity index (χ1v) is 11.3. The lowest BCUT2D eigenvalue weighted by atomic mass is 9.97. The van der Waals surface area contributed by atoms with Gasteiger partial charge in [0.25, 0.3) is 0 Å². The van der Waals surface area contributed by atoms with Gasteiger partial charge in [-0.15, -0.1) is 24.0 Å². The van der Waals surface area contributed by atoms with Gasteiger partial charge in [0, 0.05) is 39.7 Å². The fourth-order valence-electron chi connectivity index (χ4n) is 4.27. The van der Waals surface area contributed by atoms with Gasteiger partial charge in [-0.05, 0) is 52.1 Å². The zero-order valence-electron chi connectivity index (χ0n) is 19.6. The average molecular weight is 549 g/mol. The summed E-state index contributed by atoms with van der Waals surface area (Å²) < 4.78 is 16.5. The van der Waals surface area contributed by atoms with Gasteiger partial charge in [-0.3, -0.25) is 9.89 Å². The quantitative estimate of drug-likeness (QED) is 0.220. The van der Waals surface area contributed by atoms with Crippen LogP contribution in [0.15, 0.2) is 9.41 Å². The molecule has 3 heterocycles. The summed E-state index contributed by atoms with van der Waals surface area (Å²) in [6, 6.07) is 0. The van der Waals surface area contributed by atoms with Crippen molar-refractivity contribution in [2.75, 3.05) is 66.7 Å². The summed E-state index contributed by atoms with van der Waals surface area (Å²) in [6.07, 6.45) is 3.54. The number of nitrogens with zero attached hydrogens (tertiary/aromatic N) is 4. The molecule has 2 saturated heterocycles. The van der Waals surface area contributed by atoms with Gasteiger partial charge in [0.15, 0.2) is 5.96 Å². The smallest absolute Gasteiger partial charge is 0.208 e. The summed E-state index contributed by atoms with van der Waals surface area (Å²) in [5.41, 5.74) is 1.00. The van der Waals surface area contributed by atoms with Crippen LogP contribution >= 0.6 is 24.0 Å². The molecule has 0 radical (unpaired) electrons. The Kier molecular flexibility index (Phi) is 11.6. The van der Waals surface area contributed by atoms with Crippen LogP contribution in [0.25, 0.3) is 0 Å². The van der Waals surface area contributed by atoms with Gasteiger partial charge in [0.1, 0.15) is 5.76 Å². The second-order valence-electron chi connectivity index (χ2n) is 8.57. The monoisotopic (exact) mass is 549 g/mol. The third-order valence-electron chi connectivity index (χ3n) is 6.27. The lowest BCUT2D eigenvalue weighted by Crippen LogP contribution is -2.44. The van der Waals surface area contributed by atoms with E-state index < -0.39 is 0 Å². The molecule has 2 aliphatic rings. The van der Waals surface area contributed by atoms with E-state index in [1.807, 2.05) is 20.9 Å². The first-order valence-electron chi connectivity index (χ1n) is 11.3. The first-order chi connectivity index (χ1) is 14.6. The SMILES string of the molecule is CN=C(NCC1CCN(Cc2nc(C)c(C)o2)CC1)N1CCC(COCCOC)C1.I. The largest absolute Gasteiger partial charge is 0.444 e. The number of piperidine rings is 1. The van der Waals surface area contributed by atoms with Crippen molar-refractivity contribution in [2.45, 2.75) is 39.7 Å². The fraction of sp³-hybridized carbons (Fsp3) is 0.818. The van der Waals surface area contributed by atoms with Crippen LogP contribution in [-0.2, 0) is 16.0 Å². The molecule has 178 valence electrons. The highest BCUT2D eigenvalue weighted by Crippen LogP contribution is 2.20. The van der Waals surface area contributed by atoms with Crippen LogP contribution in [0.5, 0.6) is 0 Å². The highest BCUT2D eigenvalue weighted by atomic mass is 127. The van der Waals surface area contributed by atoms with Crippen LogP contribution in [0.3, 0.4) is 0 Å². The molecule has 0 aromatic carbocycles. The molecule has 2 fully saturated rings. The van der Waals surface area contributed by atoms with Gasteiger partial charge in [0.05, 0.1) is 32.1 Å². The van der Waals surface area contributed by atoms with Crippen LogP contribution in [0, 0.1) is 25.7 Å². The number of methoxy groups -OCH3 is 1. The molecule has 0 amide bonds. The summed E-state index contributed by atoms with van der Waals surface area (Å²) in [5.74, 6) is 4.06. The van der Waals surface area contributed by atoms with Crippen molar-refractivity contribution in [2.24, 2.45) is 16.8 Å². The average Bonchev–Trinajstić information content (AvgIpc) is 3.33. The Bertz CT molecular complexity index is 657.